The van der Waals surface area contributed by atoms with E-state index in [1.54, 1.807) is 26.2 Å². The number of rotatable bonds is 6. The SMILES string of the molecule is CCC(C)(Pc1ccc(C)cc1C(C)O)c1cc(OC)ccc1O. The molecule has 2 aromatic rings. The molecular weight excluding hydrogens is 319 g/mol. The number of benzene rings is 2. The van der Waals surface area contributed by atoms with Gasteiger partial charge in [-0.1, -0.05) is 46.2 Å². The first-order valence-electron chi connectivity index (χ1n) is 8.25. The summed E-state index contributed by atoms with van der Waals surface area (Å²) in [6.07, 6.45) is 0.367. The standard InChI is InChI=1S/C20H27O3P/c1-6-20(4,17-12-15(23-5)8-9-18(17)22)24-19-10-7-13(2)11-16(19)14(3)21/h7-12,14,21-22,24H,6H2,1-5H3. The van der Waals surface area contributed by atoms with Crippen molar-refractivity contribution in [3.05, 3.63) is 53.1 Å². The molecule has 3 nitrogen and oxygen atoms in total. The first-order valence-corrected chi connectivity index (χ1v) is 9.25. The van der Waals surface area contributed by atoms with Gasteiger partial charge in [0.15, 0.2) is 0 Å². The van der Waals surface area contributed by atoms with Crippen molar-refractivity contribution in [2.75, 3.05) is 7.11 Å². The maximum Gasteiger partial charge on any atom is 0.119 e. The molecule has 0 heterocycles. The first kappa shape index (κ1) is 18.8. The molecule has 0 aliphatic carbocycles. The summed E-state index contributed by atoms with van der Waals surface area (Å²) in [5.41, 5.74) is 3.00. The third kappa shape index (κ3) is 3.91. The van der Waals surface area contributed by atoms with Gasteiger partial charge in [-0.15, -0.1) is 0 Å². The second-order valence-corrected chi connectivity index (χ2v) is 8.35. The minimum atomic E-state index is -0.507. The van der Waals surface area contributed by atoms with Gasteiger partial charge in [-0.05, 0) is 49.3 Å². The van der Waals surface area contributed by atoms with Crippen molar-refractivity contribution >= 4 is 13.9 Å². The number of hydrogen-bond donors (Lipinski definition) is 2. The van der Waals surface area contributed by atoms with E-state index < -0.39 is 6.10 Å². The predicted octanol–water partition coefficient (Wildman–Crippen LogP) is 4.39. The molecule has 0 aromatic heterocycles. The van der Waals surface area contributed by atoms with Gasteiger partial charge in [0.25, 0.3) is 0 Å². The minimum Gasteiger partial charge on any atom is -0.508 e. The molecule has 24 heavy (non-hydrogen) atoms. The summed E-state index contributed by atoms with van der Waals surface area (Å²) in [4.78, 5) is 0. The Balaban J connectivity index is 2.49. The highest BCUT2D eigenvalue weighted by Crippen LogP contribution is 2.48. The zero-order valence-corrected chi connectivity index (χ0v) is 16.1. The number of ether oxygens (including phenoxy) is 1. The fourth-order valence-electron chi connectivity index (χ4n) is 2.87. The van der Waals surface area contributed by atoms with Crippen LogP contribution < -0.4 is 10.0 Å². The highest BCUT2D eigenvalue weighted by Gasteiger charge is 2.29. The predicted molar refractivity (Wildman–Crippen MR) is 102 cm³/mol. The van der Waals surface area contributed by atoms with Crippen molar-refractivity contribution in [2.45, 2.75) is 45.4 Å². The van der Waals surface area contributed by atoms with Crippen LogP contribution in [0.25, 0.3) is 0 Å². The number of aryl methyl sites for hydroxylation is 1. The normalized spacial score (nSPS) is 15.4. The quantitative estimate of drug-likeness (QED) is 0.763. The van der Waals surface area contributed by atoms with E-state index >= 15 is 0 Å². The van der Waals surface area contributed by atoms with Gasteiger partial charge in [0.2, 0.25) is 0 Å². The van der Waals surface area contributed by atoms with Crippen LogP contribution in [0.2, 0.25) is 0 Å². The van der Waals surface area contributed by atoms with E-state index in [1.807, 2.05) is 13.0 Å². The second kappa shape index (κ2) is 7.55. The maximum atomic E-state index is 10.4. The minimum absolute atomic E-state index is 0.225. The number of phenolic OH excluding ortho intramolecular Hbond substituents is 1. The van der Waals surface area contributed by atoms with Crippen LogP contribution in [0.3, 0.4) is 0 Å². The van der Waals surface area contributed by atoms with Crippen molar-refractivity contribution < 1.29 is 14.9 Å². The molecule has 0 saturated carbocycles. The van der Waals surface area contributed by atoms with E-state index in [0.29, 0.717) is 14.3 Å². The number of phenols is 1. The highest BCUT2D eigenvalue weighted by atomic mass is 31.1. The van der Waals surface area contributed by atoms with E-state index in [-0.39, 0.29) is 5.16 Å². The lowest BCUT2D eigenvalue weighted by atomic mass is 9.96. The number of methoxy groups -OCH3 is 1. The average Bonchev–Trinajstić information content (AvgIpc) is 2.56. The molecule has 4 heteroatoms. The molecule has 0 bridgehead atoms. The van der Waals surface area contributed by atoms with E-state index in [4.69, 9.17) is 4.74 Å². The Morgan fingerprint density at radius 2 is 1.92 bits per heavy atom. The van der Waals surface area contributed by atoms with Crippen molar-refractivity contribution in [1.29, 1.82) is 0 Å². The lowest BCUT2D eigenvalue weighted by molar-refractivity contribution is 0.200. The Labute approximate surface area is 146 Å². The monoisotopic (exact) mass is 346 g/mol. The van der Waals surface area contributed by atoms with Gasteiger partial charge < -0.3 is 14.9 Å². The van der Waals surface area contributed by atoms with E-state index in [0.717, 1.165) is 34.2 Å². The van der Waals surface area contributed by atoms with Gasteiger partial charge in [-0.3, -0.25) is 0 Å². The summed E-state index contributed by atoms with van der Waals surface area (Å²) in [5, 5.41) is 21.5. The summed E-state index contributed by atoms with van der Waals surface area (Å²) in [5.74, 6) is 1.03. The van der Waals surface area contributed by atoms with Gasteiger partial charge in [-0.2, -0.15) is 0 Å². The van der Waals surface area contributed by atoms with Gasteiger partial charge in [0, 0.05) is 10.7 Å². The zero-order valence-electron chi connectivity index (χ0n) is 15.1. The van der Waals surface area contributed by atoms with Crippen molar-refractivity contribution in [3.63, 3.8) is 0 Å². The molecule has 0 aliphatic heterocycles. The fourth-order valence-corrected chi connectivity index (χ4v) is 4.57. The molecule has 2 N–H and O–H groups in total. The van der Waals surface area contributed by atoms with Crippen LogP contribution in [0.15, 0.2) is 36.4 Å². The van der Waals surface area contributed by atoms with Crippen molar-refractivity contribution in [3.8, 4) is 11.5 Å². The Morgan fingerprint density at radius 1 is 1.21 bits per heavy atom. The number of aliphatic hydroxyl groups is 1. The Kier molecular flexibility index (Phi) is 5.90. The molecule has 3 unspecified atom stereocenters. The molecule has 0 spiro atoms. The summed E-state index contributed by atoms with van der Waals surface area (Å²) in [6, 6.07) is 11.6. The van der Waals surface area contributed by atoms with E-state index in [1.165, 1.54) is 0 Å². The summed E-state index contributed by atoms with van der Waals surface area (Å²) in [7, 11) is 2.06. The number of aliphatic hydroxyl groups excluding tert-OH is 1. The van der Waals surface area contributed by atoms with Crippen LogP contribution in [-0.2, 0) is 5.16 Å². The smallest absolute Gasteiger partial charge is 0.119 e. The van der Waals surface area contributed by atoms with E-state index in [2.05, 4.69) is 32.0 Å². The molecule has 0 saturated heterocycles. The molecule has 0 fully saturated rings. The molecular formula is C20H27O3P. The largest absolute Gasteiger partial charge is 0.508 e. The molecule has 0 radical (unpaired) electrons. The number of hydrogen-bond acceptors (Lipinski definition) is 3. The molecule has 130 valence electrons. The Bertz CT molecular complexity index is 712. The number of aromatic hydroxyl groups is 1. The maximum absolute atomic E-state index is 10.4. The van der Waals surface area contributed by atoms with Crippen LogP contribution in [0.1, 0.15) is 50.0 Å². The van der Waals surface area contributed by atoms with Crippen LogP contribution in [0.5, 0.6) is 11.5 Å². The van der Waals surface area contributed by atoms with Gasteiger partial charge in [0.1, 0.15) is 11.5 Å². The summed E-state index contributed by atoms with van der Waals surface area (Å²) >= 11 is 0. The average molecular weight is 346 g/mol. The molecule has 0 amide bonds. The van der Waals surface area contributed by atoms with E-state index in [9.17, 15) is 10.2 Å². The Hall–Kier alpha value is -1.57. The zero-order chi connectivity index (χ0) is 17.9. The fraction of sp³-hybridized carbons (Fsp3) is 0.400. The van der Waals surface area contributed by atoms with Gasteiger partial charge in [0.05, 0.1) is 13.2 Å². The Morgan fingerprint density at radius 3 is 2.50 bits per heavy atom. The third-order valence-electron chi connectivity index (χ3n) is 4.57. The van der Waals surface area contributed by atoms with Gasteiger partial charge >= 0.3 is 0 Å². The lowest BCUT2D eigenvalue weighted by Gasteiger charge is -2.31. The second-order valence-electron chi connectivity index (χ2n) is 6.46. The third-order valence-corrected chi connectivity index (χ3v) is 6.47. The molecule has 3 atom stereocenters. The lowest BCUT2D eigenvalue weighted by Crippen LogP contribution is -2.21. The van der Waals surface area contributed by atoms with Crippen molar-refractivity contribution in [1.82, 2.24) is 0 Å². The molecule has 0 aliphatic rings. The van der Waals surface area contributed by atoms with Crippen molar-refractivity contribution in [2.24, 2.45) is 0 Å². The first-order chi connectivity index (χ1) is 11.3. The van der Waals surface area contributed by atoms with Crippen LogP contribution in [-0.4, -0.2) is 17.3 Å². The topological polar surface area (TPSA) is 49.7 Å². The summed E-state index contributed by atoms with van der Waals surface area (Å²) in [6.45, 7) is 8.12. The van der Waals surface area contributed by atoms with Crippen LogP contribution >= 0.6 is 8.58 Å². The van der Waals surface area contributed by atoms with Crippen LogP contribution in [0, 0.1) is 6.92 Å². The summed E-state index contributed by atoms with van der Waals surface area (Å²) < 4.78 is 5.33. The molecule has 2 rings (SSSR count). The van der Waals surface area contributed by atoms with Gasteiger partial charge in [-0.25, -0.2) is 0 Å². The highest BCUT2D eigenvalue weighted by molar-refractivity contribution is 7.48. The van der Waals surface area contributed by atoms with Crippen LogP contribution in [0.4, 0.5) is 0 Å². The molecule has 2 aromatic carbocycles.